The lowest BCUT2D eigenvalue weighted by Gasteiger charge is -2.14. The molecule has 13 heavy (non-hydrogen) atoms. The fraction of sp³-hybridized carbons (Fsp3) is 0.833. The van der Waals surface area contributed by atoms with E-state index in [1.807, 2.05) is 0 Å². The van der Waals surface area contributed by atoms with Gasteiger partial charge in [0.2, 0.25) is 0 Å². The highest BCUT2D eigenvalue weighted by Crippen LogP contribution is 2.08. The highest BCUT2D eigenvalue weighted by Gasteiger charge is 2.02. The van der Waals surface area contributed by atoms with Crippen molar-refractivity contribution in [2.75, 3.05) is 7.05 Å². The number of rotatable bonds is 8. The van der Waals surface area contributed by atoms with Crippen molar-refractivity contribution >= 4 is 0 Å². The lowest BCUT2D eigenvalue weighted by molar-refractivity contribution is 0.459. The van der Waals surface area contributed by atoms with Gasteiger partial charge in [0.05, 0.1) is 0 Å². The quantitative estimate of drug-likeness (QED) is 0.448. The fourth-order valence-electron chi connectivity index (χ4n) is 1.58. The number of unbranched alkanes of at least 4 members (excludes halogenated alkanes) is 3. The van der Waals surface area contributed by atoms with E-state index in [0.717, 1.165) is 12.5 Å². The van der Waals surface area contributed by atoms with Crippen LogP contribution in [0.5, 0.6) is 0 Å². The van der Waals surface area contributed by atoms with Gasteiger partial charge in [0.25, 0.3) is 0 Å². The molecule has 0 amide bonds. The summed E-state index contributed by atoms with van der Waals surface area (Å²) in [4.78, 5) is 0. The molecule has 0 bridgehead atoms. The molecular weight excluding hydrogens is 158 g/mol. The van der Waals surface area contributed by atoms with Crippen LogP contribution in [0.3, 0.4) is 0 Å². The van der Waals surface area contributed by atoms with E-state index in [-0.39, 0.29) is 0 Å². The van der Waals surface area contributed by atoms with Crippen LogP contribution in [0.2, 0.25) is 0 Å². The van der Waals surface area contributed by atoms with E-state index < -0.39 is 0 Å². The maximum atomic E-state index is 5.18. The van der Waals surface area contributed by atoms with Crippen LogP contribution in [0.25, 0.3) is 0 Å². The smallest absolute Gasteiger partial charge is 0.00860 e. The lowest BCUT2D eigenvalue weighted by Crippen LogP contribution is -2.24. The average molecular weight is 181 g/mol. The predicted molar refractivity (Wildman–Crippen MR) is 59.7 cm³/mol. The molecule has 0 aromatic rings. The molecule has 0 aliphatic heterocycles. The zero-order valence-electron chi connectivity index (χ0n) is 9.10. The van der Waals surface area contributed by atoms with E-state index in [2.05, 4.69) is 25.2 Å². The van der Waals surface area contributed by atoms with Crippen molar-refractivity contribution in [3.8, 4) is 12.3 Å². The average Bonchev–Trinajstić information content (AvgIpc) is 2.16. The monoisotopic (exact) mass is 181 g/mol. The summed E-state index contributed by atoms with van der Waals surface area (Å²) in [6, 6.07) is 0.718. The van der Waals surface area contributed by atoms with Gasteiger partial charge in [-0.15, -0.1) is 12.3 Å². The van der Waals surface area contributed by atoms with E-state index in [4.69, 9.17) is 6.42 Å². The second kappa shape index (κ2) is 9.61. The molecule has 1 unspecified atom stereocenters. The third-order valence-electron chi connectivity index (χ3n) is 2.42. The second-order valence-electron chi connectivity index (χ2n) is 3.58. The van der Waals surface area contributed by atoms with E-state index in [1.54, 1.807) is 0 Å². The van der Waals surface area contributed by atoms with Crippen LogP contribution in [0.15, 0.2) is 0 Å². The van der Waals surface area contributed by atoms with E-state index in [1.165, 1.54) is 38.5 Å². The largest absolute Gasteiger partial charge is 0.317 e. The minimum Gasteiger partial charge on any atom is -0.317 e. The summed E-state index contributed by atoms with van der Waals surface area (Å²) >= 11 is 0. The first-order valence-corrected chi connectivity index (χ1v) is 5.45. The van der Waals surface area contributed by atoms with Gasteiger partial charge in [-0.05, 0) is 26.3 Å². The van der Waals surface area contributed by atoms with Crippen molar-refractivity contribution in [3.63, 3.8) is 0 Å². The van der Waals surface area contributed by atoms with Gasteiger partial charge in [0, 0.05) is 12.5 Å². The Balaban J connectivity index is 3.23. The summed E-state index contributed by atoms with van der Waals surface area (Å²) < 4.78 is 0. The van der Waals surface area contributed by atoms with Crippen LogP contribution in [0, 0.1) is 12.3 Å². The van der Waals surface area contributed by atoms with Gasteiger partial charge < -0.3 is 5.32 Å². The highest BCUT2D eigenvalue weighted by molar-refractivity contribution is 4.82. The Morgan fingerprint density at radius 3 is 2.54 bits per heavy atom. The summed E-state index contributed by atoms with van der Waals surface area (Å²) in [5.41, 5.74) is 0. The zero-order valence-corrected chi connectivity index (χ0v) is 9.10. The summed E-state index contributed by atoms with van der Waals surface area (Å²) in [6.07, 6.45) is 13.8. The molecule has 0 aliphatic rings. The van der Waals surface area contributed by atoms with E-state index in [0.29, 0.717) is 0 Å². The van der Waals surface area contributed by atoms with Crippen molar-refractivity contribution in [2.45, 2.75) is 57.9 Å². The first-order valence-electron chi connectivity index (χ1n) is 5.45. The Bertz CT molecular complexity index is 135. The van der Waals surface area contributed by atoms with Crippen LogP contribution < -0.4 is 5.32 Å². The van der Waals surface area contributed by atoms with Gasteiger partial charge in [-0.25, -0.2) is 0 Å². The minimum absolute atomic E-state index is 0.718. The number of hydrogen-bond donors (Lipinski definition) is 1. The Morgan fingerprint density at radius 1 is 1.23 bits per heavy atom. The van der Waals surface area contributed by atoms with E-state index in [9.17, 15) is 0 Å². The minimum atomic E-state index is 0.718. The van der Waals surface area contributed by atoms with Gasteiger partial charge in [-0.1, -0.05) is 26.2 Å². The number of hydrogen-bond acceptors (Lipinski definition) is 1. The Labute approximate surface area is 83.3 Å². The Morgan fingerprint density at radius 2 is 2.00 bits per heavy atom. The molecule has 0 saturated heterocycles. The normalized spacial score (nSPS) is 12.4. The van der Waals surface area contributed by atoms with Crippen molar-refractivity contribution < 1.29 is 0 Å². The van der Waals surface area contributed by atoms with Crippen LogP contribution in [-0.2, 0) is 0 Å². The topological polar surface area (TPSA) is 12.0 Å². The molecule has 0 rings (SSSR count). The molecule has 76 valence electrons. The van der Waals surface area contributed by atoms with Crippen molar-refractivity contribution in [2.24, 2.45) is 0 Å². The first kappa shape index (κ1) is 12.5. The third kappa shape index (κ3) is 7.87. The molecule has 0 fully saturated rings. The first-order chi connectivity index (χ1) is 6.35. The third-order valence-corrected chi connectivity index (χ3v) is 2.42. The van der Waals surface area contributed by atoms with E-state index >= 15 is 0 Å². The fourth-order valence-corrected chi connectivity index (χ4v) is 1.58. The molecule has 1 N–H and O–H groups in total. The van der Waals surface area contributed by atoms with Crippen LogP contribution in [-0.4, -0.2) is 13.1 Å². The van der Waals surface area contributed by atoms with Crippen LogP contribution in [0.4, 0.5) is 0 Å². The molecule has 0 heterocycles. The standard InChI is InChI=1S/C12H23N/c1-4-6-7-8-9-11-12(13-3)10-5-2/h1,12-13H,5-11H2,2-3H3. The SMILES string of the molecule is C#CCCCCCC(CCC)NC. The summed E-state index contributed by atoms with van der Waals surface area (Å²) in [6.45, 7) is 2.24. The number of terminal acetylenes is 1. The molecule has 1 heteroatoms. The van der Waals surface area contributed by atoms with Crippen molar-refractivity contribution in [3.05, 3.63) is 0 Å². The van der Waals surface area contributed by atoms with Gasteiger partial charge in [-0.3, -0.25) is 0 Å². The molecular formula is C12H23N. The second-order valence-corrected chi connectivity index (χ2v) is 3.58. The van der Waals surface area contributed by atoms with Gasteiger partial charge in [-0.2, -0.15) is 0 Å². The molecule has 0 radical (unpaired) electrons. The molecule has 0 aromatic heterocycles. The maximum absolute atomic E-state index is 5.18. The van der Waals surface area contributed by atoms with Crippen molar-refractivity contribution in [1.29, 1.82) is 0 Å². The Kier molecular flexibility index (Phi) is 9.25. The predicted octanol–water partition coefficient (Wildman–Crippen LogP) is 2.96. The van der Waals surface area contributed by atoms with Crippen molar-refractivity contribution in [1.82, 2.24) is 5.32 Å². The van der Waals surface area contributed by atoms with Crippen LogP contribution in [0.1, 0.15) is 51.9 Å². The number of nitrogens with one attached hydrogen (secondary N) is 1. The van der Waals surface area contributed by atoms with Crippen LogP contribution >= 0.6 is 0 Å². The molecule has 1 nitrogen and oxygen atoms in total. The molecule has 0 saturated carbocycles. The molecule has 1 atom stereocenters. The van der Waals surface area contributed by atoms with Gasteiger partial charge >= 0.3 is 0 Å². The Hall–Kier alpha value is -0.480. The summed E-state index contributed by atoms with van der Waals surface area (Å²) in [5.74, 6) is 2.68. The molecule has 0 aromatic carbocycles. The maximum Gasteiger partial charge on any atom is 0.00860 e. The summed E-state index contributed by atoms with van der Waals surface area (Å²) in [5, 5.41) is 3.35. The highest BCUT2D eigenvalue weighted by atomic mass is 14.9. The summed E-state index contributed by atoms with van der Waals surface area (Å²) in [7, 11) is 2.06. The molecule has 0 aliphatic carbocycles. The van der Waals surface area contributed by atoms with Gasteiger partial charge in [0.15, 0.2) is 0 Å². The lowest BCUT2D eigenvalue weighted by atomic mass is 10.0. The zero-order chi connectivity index (χ0) is 9.94. The van der Waals surface area contributed by atoms with Gasteiger partial charge in [0.1, 0.15) is 0 Å². The molecule has 0 spiro atoms.